The van der Waals surface area contributed by atoms with Crippen LogP contribution >= 0.6 is 0 Å². The molecule has 0 bridgehead atoms. The van der Waals surface area contributed by atoms with Gasteiger partial charge in [0.15, 0.2) is 0 Å². The molecule has 0 amide bonds. The Hall–Kier alpha value is -1.86. The molecule has 1 aromatic heterocycles. The van der Waals surface area contributed by atoms with Crippen LogP contribution in [-0.2, 0) is 9.53 Å². The van der Waals surface area contributed by atoms with Crippen molar-refractivity contribution in [1.29, 1.82) is 0 Å². The number of rotatable bonds is 5. The van der Waals surface area contributed by atoms with Gasteiger partial charge >= 0.3 is 5.97 Å². The van der Waals surface area contributed by atoms with Crippen LogP contribution in [0.4, 0.5) is 23.2 Å². The lowest BCUT2D eigenvalue weighted by atomic mass is 10.2. The second kappa shape index (κ2) is 6.35. The Morgan fingerprint density at radius 1 is 1.26 bits per heavy atom. The van der Waals surface area contributed by atoms with Gasteiger partial charge in [-0.3, -0.25) is 4.79 Å². The highest BCUT2D eigenvalue weighted by molar-refractivity contribution is 5.70. The zero-order valence-corrected chi connectivity index (χ0v) is 10.3. The molecule has 1 unspecified atom stereocenters. The lowest BCUT2D eigenvalue weighted by Gasteiger charge is -2.15. The van der Waals surface area contributed by atoms with Gasteiger partial charge in [-0.05, 0) is 13.8 Å². The molecular weight excluding hydrogens is 268 g/mol. The zero-order chi connectivity index (χ0) is 14.6. The van der Waals surface area contributed by atoms with E-state index in [-0.39, 0.29) is 13.0 Å². The number of pyridine rings is 1. The normalized spacial score (nSPS) is 12.1. The van der Waals surface area contributed by atoms with E-state index in [1.165, 1.54) is 6.92 Å². The minimum atomic E-state index is -1.76. The fraction of sp³-hybridized carbons (Fsp3) is 0.455. The average molecular weight is 280 g/mol. The fourth-order valence-corrected chi connectivity index (χ4v) is 1.38. The van der Waals surface area contributed by atoms with E-state index < -0.39 is 41.2 Å². The number of anilines is 1. The molecule has 1 atom stereocenters. The highest BCUT2D eigenvalue weighted by Gasteiger charge is 2.22. The third-order valence-electron chi connectivity index (χ3n) is 2.17. The van der Waals surface area contributed by atoms with Crippen LogP contribution in [0.1, 0.15) is 20.3 Å². The molecule has 106 valence electrons. The van der Waals surface area contributed by atoms with Gasteiger partial charge in [0, 0.05) is 6.04 Å². The molecular formula is C11H12F4N2O2. The Morgan fingerprint density at radius 2 is 1.79 bits per heavy atom. The maximum absolute atomic E-state index is 13.3. The van der Waals surface area contributed by atoms with E-state index in [1.54, 1.807) is 6.92 Å². The number of ether oxygens (including phenoxy) is 1. The smallest absolute Gasteiger partial charge is 0.307 e. The van der Waals surface area contributed by atoms with Gasteiger partial charge in [-0.1, -0.05) is 0 Å². The molecule has 1 N–H and O–H groups in total. The standard InChI is InChI=1S/C11H12F4N2O2/c1-3-19-6(18)4-5(2)16-9-7(12)10(14)17-11(15)8(9)13/h5H,3-4H2,1-2H3,(H,16,17). The van der Waals surface area contributed by atoms with Gasteiger partial charge in [-0.25, -0.2) is 0 Å². The van der Waals surface area contributed by atoms with E-state index in [1.807, 2.05) is 0 Å². The second-order valence-electron chi connectivity index (χ2n) is 3.75. The zero-order valence-electron chi connectivity index (χ0n) is 10.3. The first-order chi connectivity index (χ1) is 8.86. The highest BCUT2D eigenvalue weighted by Crippen LogP contribution is 2.23. The summed E-state index contributed by atoms with van der Waals surface area (Å²) in [6.07, 6.45) is -0.210. The van der Waals surface area contributed by atoms with E-state index in [2.05, 4.69) is 15.0 Å². The Bertz CT molecular complexity index is 456. The van der Waals surface area contributed by atoms with Crippen molar-refractivity contribution >= 4 is 11.7 Å². The molecule has 0 spiro atoms. The third-order valence-corrected chi connectivity index (χ3v) is 2.17. The number of nitrogens with zero attached hydrogens (tertiary/aromatic N) is 1. The first-order valence-electron chi connectivity index (χ1n) is 5.48. The van der Waals surface area contributed by atoms with Crippen molar-refractivity contribution in [2.75, 3.05) is 11.9 Å². The van der Waals surface area contributed by atoms with E-state index in [0.717, 1.165) is 0 Å². The second-order valence-corrected chi connectivity index (χ2v) is 3.75. The summed E-state index contributed by atoms with van der Waals surface area (Å²) in [5.41, 5.74) is -0.998. The quantitative estimate of drug-likeness (QED) is 0.511. The molecule has 0 aromatic carbocycles. The van der Waals surface area contributed by atoms with E-state index in [9.17, 15) is 22.4 Å². The Balaban J connectivity index is 2.85. The largest absolute Gasteiger partial charge is 0.466 e. The maximum atomic E-state index is 13.3. The molecule has 0 radical (unpaired) electrons. The van der Waals surface area contributed by atoms with Crippen molar-refractivity contribution in [3.8, 4) is 0 Å². The number of halogens is 4. The average Bonchev–Trinajstić information content (AvgIpc) is 2.32. The first kappa shape index (κ1) is 15.2. The van der Waals surface area contributed by atoms with E-state index >= 15 is 0 Å². The number of hydrogen-bond donors (Lipinski definition) is 1. The van der Waals surface area contributed by atoms with Crippen molar-refractivity contribution in [2.45, 2.75) is 26.3 Å². The summed E-state index contributed by atoms with van der Waals surface area (Å²) >= 11 is 0. The SMILES string of the molecule is CCOC(=O)CC(C)Nc1c(F)c(F)nc(F)c1F. The number of carbonyl (C=O) groups excluding carboxylic acids is 1. The van der Waals surface area contributed by atoms with Crippen LogP contribution in [0.25, 0.3) is 0 Å². The Morgan fingerprint density at radius 3 is 2.26 bits per heavy atom. The predicted octanol–water partition coefficient (Wildman–Crippen LogP) is 2.39. The van der Waals surface area contributed by atoms with Gasteiger partial charge in [0.2, 0.25) is 11.6 Å². The summed E-state index contributed by atoms with van der Waals surface area (Å²) in [6, 6.07) is -0.774. The summed E-state index contributed by atoms with van der Waals surface area (Å²) < 4.78 is 56.8. The molecule has 1 aromatic rings. The van der Waals surface area contributed by atoms with Crippen LogP contribution in [-0.4, -0.2) is 23.6 Å². The molecule has 0 saturated carbocycles. The van der Waals surface area contributed by atoms with Gasteiger partial charge in [0.1, 0.15) is 5.69 Å². The van der Waals surface area contributed by atoms with Gasteiger partial charge in [0.25, 0.3) is 11.9 Å². The van der Waals surface area contributed by atoms with Crippen molar-refractivity contribution in [3.63, 3.8) is 0 Å². The summed E-state index contributed by atoms with van der Waals surface area (Å²) in [4.78, 5) is 13.6. The minimum Gasteiger partial charge on any atom is -0.466 e. The van der Waals surface area contributed by atoms with Crippen LogP contribution in [0.3, 0.4) is 0 Å². The van der Waals surface area contributed by atoms with Crippen molar-refractivity contribution in [2.24, 2.45) is 0 Å². The van der Waals surface area contributed by atoms with Crippen molar-refractivity contribution in [3.05, 3.63) is 23.5 Å². The monoisotopic (exact) mass is 280 g/mol. The van der Waals surface area contributed by atoms with Crippen LogP contribution < -0.4 is 5.32 Å². The molecule has 0 fully saturated rings. The number of hydrogen-bond acceptors (Lipinski definition) is 4. The molecule has 0 saturated heterocycles. The van der Waals surface area contributed by atoms with Gasteiger partial charge < -0.3 is 10.1 Å². The predicted molar refractivity (Wildman–Crippen MR) is 58.4 cm³/mol. The first-order valence-corrected chi connectivity index (χ1v) is 5.48. The highest BCUT2D eigenvalue weighted by atomic mass is 19.2. The summed E-state index contributed by atoms with van der Waals surface area (Å²) in [5, 5.41) is 2.18. The molecule has 0 aliphatic heterocycles. The minimum absolute atomic E-state index is 0.160. The molecule has 0 aliphatic rings. The van der Waals surface area contributed by atoms with Gasteiger partial charge in [-0.2, -0.15) is 22.5 Å². The van der Waals surface area contributed by atoms with E-state index in [0.29, 0.717) is 0 Å². The third kappa shape index (κ3) is 3.80. The van der Waals surface area contributed by atoms with Gasteiger partial charge in [-0.15, -0.1) is 0 Å². The lowest BCUT2D eigenvalue weighted by molar-refractivity contribution is -0.143. The van der Waals surface area contributed by atoms with Gasteiger partial charge in [0.05, 0.1) is 13.0 Å². The fourth-order valence-electron chi connectivity index (χ4n) is 1.38. The van der Waals surface area contributed by atoms with Crippen LogP contribution in [0, 0.1) is 23.5 Å². The Labute approximate surface area is 106 Å². The molecule has 1 heterocycles. The topological polar surface area (TPSA) is 51.2 Å². The molecule has 1 rings (SSSR count). The Kier molecular flexibility index (Phi) is 5.08. The number of aromatic nitrogens is 1. The summed E-state index contributed by atoms with van der Waals surface area (Å²) in [7, 11) is 0. The number of esters is 1. The van der Waals surface area contributed by atoms with Crippen LogP contribution in [0.2, 0.25) is 0 Å². The van der Waals surface area contributed by atoms with Crippen LogP contribution in [0.15, 0.2) is 0 Å². The maximum Gasteiger partial charge on any atom is 0.307 e. The molecule has 0 aliphatic carbocycles. The molecule has 4 nitrogen and oxygen atoms in total. The lowest BCUT2D eigenvalue weighted by Crippen LogP contribution is -2.23. The summed E-state index contributed by atoms with van der Waals surface area (Å²) in [5.74, 6) is -7.41. The molecule has 8 heteroatoms. The number of carbonyl (C=O) groups is 1. The number of nitrogens with one attached hydrogen (secondary N) is 1. The van der Waals surface area contributed by atoms with Crippen molar-refractivity contribution < 1.29 is 27.1 Å². The molecule has 19 heavy (non-hydrogen) atoms. The van der Waals surface area contributed by atoms with Crippen LogP contribution in [0.5, 0.6) is 0 Å². The van der Waals surface area contributed by atoms with E-state index in [4.69, 9.17) is 0 Å². The van der Waals surface area contributed by atoms with Crippen molar-refractivity contribution in [1.82, 2.24) is 4.98 Å². The summed E-state index contributed by atoms with van der Waals surface area (Å²) in [6.45, 7) is 3.17.